The zero-order chi connectivity index (χ0) is 13.7. The van der Waals surface area contributed by atoms with E-state index in [4.69, 9.17) is 5.73 Å². The van der Waals surface area contributed by atoms with Crippen molar-refractivity contribution in [2.75, 3.05) is 44.6 Å². The number of nitrogens with one attached hydrogen (secondary N) is 2. The zero-order valence-corrected chi connectivity index (χ0v) is 11.4. The molecular weight excluding hydrogens is 240 g/mol. The van der Waals surface area contributed by atoms with Gasteiger partial charge in [-0.15, -0.1) is 0 Å². The lowest BCUT2D eigenvalue weighted by Gasteiger charge is -2.27. The van der Waals surface area contributed by atoms with Crippen LogP contribution in [0.5, 0.6) is 0 Å². The molecule has 0 aliphatic carbocycles. The molecule has 1 aliphatic rings. The molecule has 0 unspecified atom stereocenters. The molecule has 1 saturated heterocycles. The van der Waals surface area contributed by atoms with E-state index in [-0.39, 0.29) is 5.91 Å². The number of hydrogen-bond donors (Lipinski definition) is 3. The second kappa shape index (κ2) is 6.54. The van der Waals surface area contributed by atoms with Crippen molar-refractivity contribution in [2.24, 2.45) is 5.73 Å². The smallest absolute Gasteiger partial charge is 0.248 e. The van der Waals surface area contributed by atoms with Crippen LogP contribution >= 0.6 is 0 Å². The van der Waals surface area contributed by atoms with E-state index in [0.717, 1.165) is 50.5 Å². The van der Waals surface area contributed by atoms with Crippen LogP contribution in [0.3, 0.4) is 0 Å². The Balaban J connectivity index is 1.83. The number of nitrogens with two attached hydrogens (primary N) is 1. The molecule has 2 rings (SSSR count). The molecule has 1 heterocycles. The van der Waals surface area contributed by atoms with Crippen LogP contribution in [0.25, 0.3) is 0 Å². The fourth-order valence-electron chi connectivity index (χ4n) is 2.30. The van der Waals surface area contributed by atoms with Gasteiger partial charge in [0.15, 0.2) is 0 Å². The lowest BCUT2D eigenvalue weighted by Crippen LogP contribution is -2.45. The first-order valence-electron chi connectivity index (χ1n) is 6.74. The van der Waals surface area contributed by atoms with Crippen LogP contribution in [0.1, 0.15) is 15.9 Å². The van der Waals surface area contributed by atoms with Gasteiger partial charge in [-0.3, -0.25) is 9.69 Å². The second-order valence-electron chi connectivity index (χ2n) is 4.91. The Morgan fingerprint density at radius 2 is 2.16 bits per heavy atom. The predicted octanol–water partition coefficient (Wildman–Crippen LogP) is 0.411. The van der Waals surface area contributed by atoms with E-state index in [0.29, 0.717) is 5.56 Å². The summed E-state index contributed by atoms with van der Waals surface area (Å²) in [5.74, 6) is -0.379. The van der Waals surface area contributed by atoms with Crippen molar-refractivity contribution in [2.45, 2.75) is 6.92 Å². The third-order valence-electron chi connectivity index (χ3n) is 3.46. The van der Waals surface area contributed by atoms with Crippen LogP contribution in [0, 0.1) is 6.92 Å². The molecule has 4 N–H and O–H groups in total. The maximum absolute atomic E-state index is 11.1. The Hall–Kier alpha value is -1.59. The van der Waals surface area contributed by atoms with Crippen molar-refractivity contribution in [3.8, 4) is 0 Å². The Morgan fingerprint density at radius 1 is 1.42 bits per heavy atom. The number of carbonyl (C=O) groups is 1. The van der Waals surface area contributed by atoms with Gasteiger partial charge >= 0.3 is 0 Å². The first-order chi connectivity index (χ1) is 9.16. The van der Waals surface area contributed by atoms with Crippen LogP contribution in [-0.4, -0.2) is 50.1 Å². The molecule has 1 fully saturated rings. The van der Waals surface area contributed by atoms with Crippen LogP contribution in [0.2, 0.25) is 0 Å². The van der Waals surface area contributed by atoms with Gasteiger partial charge in [-0.05, 0) is 30.7 Å². The average Bonchev–Trinajstić information content (AvgIpc) is 2.41. The van der Waals surface area contributed by atoms with Crippen molar-refractivity contribution in [1.82, 2.24) is 10.2 Å². The Morgan fingerprint density at radius 3 is 2.79 bits per heavy atom. The number of aryl methyl sites for hydroxylation is 1. The standard InChI is InChI=1S/C14H22N4O/c1-11-10-12(14(15)19)2-3-13(11)17-6-9-18-7-4-16-5-8-18/h2-3,10,16-17H,4-9H2,1H3,(H2,15,19). The number of carbonyl (C=O) groups excluding carboxylic acids is 1. The molecule has 19 heavy (non-hydrogen) atoms. The number of nitrogens with zero attached hydrogens (tertiary/aromatic N) is 1. The third kappa shape index (κ3) is 3.94. The summed E-state index contributed by atoms with van der Waals surface area (Å²) < 4.78 is 0. The van der Waals surface area contributed by atoms with Gasteiger partial charge in [-0.2, -0.15) is 0 Å². The highest BCUT2D eigenvalue weighted by molar-refractivity contribution is 5.93. The number of primary amides is 1. The molecule has 0 aromatic heterocycles. The monoisotopic (exact) mass is 262 g/mol. The Labute approximate surface area is 114 Å². The Kier molecular flexibility index (Phi) is 4.76. The quantitative estimate of drug-likeness (QED) is 0.719. The molecule has 1 amide bonds. The molecule has 0 spiro atoms. The molecular formula is C14H22N4O. The maximum atomic E-state index is 11.1. The SMILES string of the molecule is Cc1cc(C(N)=O)ccc1NCCN1CCNCC1. The fourth-order valence-corrected chi connectivity index (χ4v) is 2.30. The van der Waals surface area contributed by atoms with Gasteiger partial charge in [0, 0.05) is 50.5 Å². The summed E-state index contributed by atoms with van der Waals surface area (Å²) in [6, 6.07) is 5.52. The molecule has 1 aromatic carbocycles. The molecule has 5 heteroatoms. The topological polar surface area (TPSA) is 70.4 Å². The van der Waals surface area contributed by atoms with Crippen molar-refractivity contribution in [3.05, 3.63) is 29.3 Å². The van der Waals surface area contributed by atoms with E-state index < -0.39 is 0 Å². The molecule has 104 valence electrons. The number of hydrogen-bond acceptors (Lipinski definition) is 4. The van der Waals surface area contributed by atoms with Crippen molar-refractivity contribution in [1.29, 1.82) is 0 Å². The summed E-state index contributed by atoms with van der Waals surface area (Å²) in [7, 11) is 0. The van der Waals surface area contributed by atoms with E-state index in [1.54, 1.807) is 6.07 Å². The third-order valence-corrected chi connectivity index (χ3v) is 3.46. The summed E-state index contributed by atoms with van der Waals surface area (Å²) in [6.45, 7) is 8.32. The summed E-state index contributed by atoms with van der Waals surface area (Å²) in [4.78, 5) is 13.5. The number of benzene rings is 1. The highest BCUT2D eigenvalue weighted by atomic mass is 16.1. The lowest BCUT2D eigenvalue weighted by atomic mass is 10.1. The van der Waals surface area contributed by atoms with Crippen LogP contribution in [0.4, 0.5) is 5.69 Å². The molecule has 0 bridgehead atoms. The van der Waals surface area contributed by atoms with Crippen molar-refractivity contribution >= 4 is 11.6 Å². The van der Waals surface area contributed by atoms with E-state index >= 15 is 0 Å². The number of amides is 1. The molecule has 0 atom stereocenters. The van der Waals surface area contributed by atoms with Crippen LogP contribution in [-0.2, 0) is 0 Å². The van der Waals surface area contributed by atoms with Crippen molar-refractivity contribution in [3.63, 3.8) is 0 Å². The minimum Gasteiger partial charge on any atom is -0.384 e. The van der Waals surface area contributed by atoms with Gasteiger partial charge in [0.2, 0.25) is 5.91 Å². The fraction of sp³-hybridized carbons (Fsp3) is 0.500. The number of piperazine rings is 1. The molecule has 0 saturated carbocycles. The normalized spacial score (nSPS) is 16.3. The van der Waals surface area contributed by atoms with E-state index in [2.05, 4.69) is 15.5 Å². The molecule has 5 nitrogen and oxygen atoms in total. The maximum Gasteiger partial charge on any atom is 0.248 e. The first-order valence-corrected chi connectivity index (χ1v) is 6.74. The second-order valence-corrected chi connectivity index (χ2v) is 4.91. The average molecular weight is 262 g/mol. The van der Waals surface area contributed by atoms with Gasteiger partial charge in [0.25, 0.3) is 0 Å². The van der Waals surface area contributed by atoms with E-state index in [9.17, 15) is 4.79 Å². The highest BCUT2D eigenvalue weighted by Crippen LogP contribution is 2.16. The minimum absolute atomic E-state index is 0.379. The van der Waals surface area contributed by atoms with Gasteiger partial charge in [0.1, 0.15) is 0 Å². The Bertz CT molecular complexity index is 441. The minimum atomic E-state index is -0.379. The summed E-state index contributed by atoms with van der Waals surface area (Å²) >= 11 is 0. The van der Waals surface area contributed by atoms with Crippen molar-refractivity contribution < 1.29 is 4.79 Å². The van der Waals surface area contributed by atoms with E-state index in [1.165, 1.54) is 0 Å². The number of anilines is 1. The van der Waals surface area contributed by atoms with Gasteiger partial charge in [0.05, 0.1) is 0 Å². The largest absolute Gasteiger partial charge is 0.384 e. The molecule has 1 aromatic rings. The van der Waals surface area contributed by atoms with Crippen LogP contribution in [0.15, 0.2) is 18.2 Å². The first kappa shape index (κ1) is 13.8. The summed E-state index contributed by atoms with van der Waals surface area (Å²) in [5, 5.41) is 6.76. The molecule has 0 radical (unpaired) electrons. The van der Waals surface area contributed by atoms with Gasteiger partial charge < -0.3 is 16.4 Å². The lowest BCUT2D eigenvalue weighted by molar-refractivity contribution is 0.1000. The molecule has 1 aliphatic heterocycles. The van der Waals surface area contributed by atoms with Gasteiger partial charge in [-0.1, -0.05) is 0 Å². The summed E-state index contributed by atoms with van der Waals surface area (Å²) in [5.41, 5.74) is 7.94. The zero-order valence-electron chi connectivity index (χ0n) is 11.4. The highest BCUT2D eigenvalue weighted by Gasteiger charge is 2.09. The summed E-state index contributed by atoms with van der Waals surface area (Å²) in [6.07, 6.45) is 0. The van der Waals surface area contributed by atoms with Gasteiger partial charge in [-0.25, -0.2) is 0 Å². The van der Waals surface area contributed by atoms with Crippen LogP contribution < -0.4 is 16.4 Å². The predicted molar refractivity (Wildman–Crippen MR) is 77.5 cm³/mol. The van der Waals surface area contributed by atoms with E-state index in [1.807, 2.05) is 19.1 Å². The number of rotatable bonds is 5.